The molecular formula is C12H19ClN2S2. The van der Waals surface area contributed by atoms with Gasteiger partial charge in [0.15, 0.2) is 0 Å². The molecular weight excluding hydrogens is 272 g/mol. The summed E-state index contributed by atoms with van der Waals surface area (Å²) in [5.74, 6) is 3.11. The van der Waals surface area contributed by atoms with Crippen LogP contribution in [0.3, 0.4) is 0 Å². The summed E-state index contributed by atoms with van der Waals surface area (Å²) in [6, 6.07) is 0.739. The lowest BCUT2D eigenvalue weighted by atomic mass is 10.2. The van der Waals surface area contributed by atoms with Gasteiger partial charge in [0.05, 0.1) is 16.6 Å². The minimum atomic E-state index is 0.539. The second-order valence-electron chi connectivity index (χ2n) is 4.43. The Kier molecular flexibility index (Phi) is 5.60. The molecule has 1 aromatic heterocycles. The molecule has 0 aromatic carbocycles. The summed E-state index contributed by atoms with van der Waals surface area (Å²) in [5, 5.41) is 3.31. The van der Waals surface area contributed by atoms with Gasteiger partial charge in [-0.2, -0.15) is 11.8 Å². The highest BCUT2D eigenvalue weighted by Gasteiger charge is 2.17. The highest BCUT2D eigenvalue weighted by molar-refractivity contribution is 7.99. The van der Waals surface area contributed by atoms with Gasteiger partial charge in [-0.1, -0.05) is 0 Å². The molecule has 1 fully saturated rings. The van der Waals surface area contributed by atoms with E-state index in [2.05, 4.69) is 33.9 Å². The van der Waals surface area contributed by atoms with Crippen LogP contribution in [0.25, 0.3) is 0 Å². The van der Waals surface area contributed by atoms with Crippen molar-refractivity contribution in [3.63, 3.8) is 0 Å². The number of hydrogen-bond acceptors (Lipinski definition) is 4. The quantitative estimate of drug-likeness (QED) is 0.775. The predicted molar refractivity (Wildman–Crippen MR) is 78.4 cm³/mol. The maximum Gasteiger partial charge on any atom is 0.0929 e. The molecule has 0 N–H and O–H groups in total. The molecule has 0 bridgehead atoms. The summed E-state index contributed by atoms with van der Waals surface area (Å²) < 4.78 is 0. The van der Waals surface area contributed by atoms with Gasteiger partial charge in [-0.25, -0.2) is 4.98 Å². The predicted octanol–water partition coefficient (Wildman–Crippen LogP) is 3.25. The van der Waals surface area contributed by atoms with Gasteiger partial charge in [-0.3, -0.25) is 4.90 Å². The number of hydrogen-bond donors (Lipinski definition) is 0. The summed E-state index contributed by atoms with van der Waals surface area (Å²) in [6.07, 6.45) is 2.31. The van der Waals surface area contributed by atoms with Crippen molar-refractivity contribution in [3.05, 3.63) is 16.1 Å². The van der Waals surface area contributed by atoms with E-state index in [0.29, 0.717) is 5.88 Å². The molecule has 1 aliphatic rings. The largest absolute Gasteiger partial charge is 0.299 e. The number of nitrogens with zero attached hydrogens (tertiary/aromatic N) is 2. The van der Waals surface area contributed by atoms with E-state index in [1.165, 1.54) is 36.0 Å². The fourth-order valence-electron chi connectivity index (χ4n) is 2.05. The molecule has 2 heterocycles. The van der Waals surface area contributed by atoms with Gasteiger partial charge < -0.3 is 0 Å². The Hall–Kier alpha value is 0.230. The zero-order chi connectivity index (χ0) is 12.1. The van der Waals surface area contributed by atoms with Crippen LogP contribution < -0.4 is 0 Å². The lowest BCUT2D eigenvalue weighted by Gasteiger charge is -2.32. The lowest BCUT2D eigenvalue weighted by molar-refractivity contribution is 0.230. The summed E-state index contributed by atoms with van der Waals surface area (Å²) in [6.45, 7) is 4.79. The molecule has 17 heavy (non-hydrogen) atoms. The monoisotopic (exact) mass is 290 g/mol. The average molecular weight is 291 g/mol. The van der Waals surface area contributed by atoms with Gasteiger partial charge in [-0.05, 0) is 19.9 Å². The second kappa shape index (κ2) is 6.98. The van der Waals surface area contributed by atoms with E-state index in [9.17, 15) is 0 Å². The number of thioether (sulfide) groups is 1. The molecule has 0 aliphatic carbocycles. The maximum absolute atomic E-state index is 5.75. The molecule has 96 valence electrons. The first kappa shape index (κ1) is 13.7. The molecule has 0 spiro atoms. The molecule has 1 saturated heterocycles. The normalized spacial score (nSPS) is 21.9. The van der Waals surface area contributed by atoms with Crippen LogP contribution in [0.1, 0.15) is 24.0 Å². The van der Waals surface area contributed by atoms with Crippen molar-refractivity contribution in [1.29, 1.82) is 0 Å². The first-order valence-electron chi connectivity index (χ1n) is 6.10. The third-order valence-electron chi connectivity index (χ3n) is 3.08. The second-order valence-corrected chi connectivity index (χ2v) is 6.79. The molecule has 1 aromatic rings. The Bertz CT molecular complexity index is 343. The third kappa shape index (κ3) is 4.12. The number of aryl methyl sites for hydroxylation is 1. The summed E-state index contributed by atoms with van der Waals surface area (Å²) in [4.78, 5) is 7.10. The highest BCUT2D eigenvalue weighted by atomic mass is 35.5. The van der Waals surface area contributed by atoms with E-state index in [-0.39, 0.29) is 0 Å². The van der Waals surface area contributed by atoms with Crippen LogP contribution in [0, 0.1) is 0 Å². The summed E-state index contributed by atoms with van der Waals surface area (Å²) in [7, 11) is 0. The lowest BCUT2D eigenvalue weighted by Crippen LogP contribution is -2.40. The minimum absolute atomic E-state index is 0.539. The van der Waals surface area contributed by atoms with Crippen LogP contribution in [0.15, 0.2) is 5.38 Å². The van der Waals surface area contributed by atoms with Crippen LogP contribution in [0.4, 0.5) is 0 Å². The van der Waals surface area contributed by atoms with Gasteiger partial charge >= 0.3 is 0 Å². The first-order chi connectivity index (χ1) is 8.29. The summed E-state index contributed by atoms with van der Waals surface area (Å²) in [5.41, 5.74) is 1.02. The first-order valence-corrected chi connectivity index (χ1v) is 8.67. The molecule has 2 rings (SSSR count). The standard InChI is InChI=1S/C12H19ClN2S2/c1-10-8-16-6-5-15(10)4-2-3-12-14-11(7-13)9-17-12/h9-10H,2-8H2,1H3. The van der Waals surface area contributed by atoms with Gasteiger partial charge in [-0.15, -0.1) is 22.9 Å². The minimum Gasteiger partial charge on any atom is -0.299 e. The van der Waals surface area contributed by atoms with Gasteiger partial charge in [0, 0.05) is 35.9 Å². The van der Waals surface area contributed by atoms with Crippen LogP contribution in [0.2, 0.25) is 0 Å². The van der Waals surface area contributed by atoms with Crippen molar-refractivity contribution in [2.45, 2.75) is 31.7 Å². The molecule has 5 heteroatoms. The number of halogens is 1. The fourth-order valence-corrected chi connectivity index (χ4v) is 4.20. The molecule has 1 aliphatic heterocycles. The smallest absolute Gasteiger partial charge is 0.0929 e. The van der Waals surface area contributed by atoms with Gasteiger partial charge in [0.2, 0.25) is 0 Å². The van der Waals surface area contributed by atoms with Crippen LogP contribution >= 0.6 is 34.7 Å². The van der Waals surface area contributed by atoms with Crippen molar-refractivity contribution < 1.29 is 0 Å². The number of aromatic nitrogens is 1. The van der Waals surface area contributed by atoms with E-state index in [0.717, 1.165) is 18.2 Å². The Morgan fingerprint density at radius 3 is 3.18 bits per heavy atom. The Balaban J connectivity index is 1.71. The van der Waals surface area contributed by atoms with Crippen molar-refractivity contribution in [2.75, 3.05) is 24.6 Å². The fraction of sp³-hybridized carbons (Fsp3) is 0.750. The third-order valence-corrected chi connectivity index (χ3v) is 5.50. The van der Waals surface area contributed by atoms with Crippen molar-refractivity contribution in [3.8, 4) is 0 Å². The van der Waals surface area contributed by atoms with E-state index < -0.39 is 0 Å². The van der Waals surface area contributed by atoms with E-state index in [1.807, 2.05) is 0 Å². The van der Waals surface area contributed by atoms with E-state index in [1.54, 1.807) is 11.3 Å². The number of rotatable bonds is 5. The SMILES string of the molecule is CC1CSCCN1CCCc1nc(CCl)cs1. The topological polar surface area (TPSA) is 16.1 Å². The molecule has 2 nitrogen and oxygen atoms in total. The Morgan fingerprint density at radius 1 is 1.59 bits per heavy atom. The Morgan fingerprint density at radius 2 is 2.47 bits per heavy atom. The number of thiazole rings is 1. The number of alkyl halides is 1. The average Bonchev–Trinajstić information content (AvgIpc) is 2.80. The zero-order valence-electron chi connectivity index (χ0n) is 10.2. The summed E-state index contributed by atoms with van der Waals surface area (Å²) >= 11 is 9.57. The molecule has 1 atom stereocenters. The molecule has 0 radical (unpaired) electrons. The van der Waals surface area contributed by atoms with Gasteiger partial charge in [0.25, 0.3) is 0 Å². The van der Waals surface area contributed by atoms with Crippen LogP contribution in [-0.2, 0) is 12.3 Å². The maximum atomic E-state index is 5.75. The van der Waals surface area contributed by atoms with Gasteiger partial charge in [0.1, 0.15) is 0 Å². The van der Waals surface area contributed by atoms with Crippen molar-refractivity contribution >= 4 is 34.7 Å². The van der Waals surface area contributed by atoms with Crippen molar-refractivity contribution in [2.24, 2.45) is 0 Å². The highest BCUT2D eigenvalue weighted by Crippen LogP contribution is 2.17. The zero-order valence-corrected chi connectivity index (χ0v) is 12.6. The van der Waals surface area contributed by atoms with E-state index in [4.69, 9.17) is 11.6 Å². The Labute approximate surface area is 117 Å². The molecule has 1 unspecified atom stereocenters. The van der Waals surface area contributed by atoms with Crippen LogP contribution in [-0.4, -0.2) is 40.5 Å². The van der Waals surface area contributed by atoms with Crippen LogP contribution in [0.5, 0.6) is 0 Å². The van der Waals surface area contributed by atoms with Crippen molar-refractivity contribution in [1.82, 2.24) is 9.88 Å². The molecule has 0 saturated carbocycles. The molecule has 0 amide bonds. The van der Waals surface area contributed by atoms with E-state index >= 15 is 0 Å².